The Balaban J connectivity index is 0.000000167. The molecule has 14 nitrogen and oxygen atoms in total. The van der Waals surface area contributed by atoms with E-state index in [9.17, 15) is 37.1 Å². The number of aryl methyl sites for hydroxylation is 2. The largest absolute Gasteiger partial charge is 0.454 e. The smallest absolute Gasteiger partial charge is 0.417 e. The fourth-order valence-corrected chi connectivity index (χ4v) is 6.73. The minimum absolute atomic E-state index is 0.00121. The first-order chi connectivity index (χ1) is 32.2. The van der Waals surface area contributed by atoms with Crippen molar-refractivity contribution in [2.24, 2.45) is 5.10 Å². The number of furan rings is 1. The molecule has 6 aromatic rings. The van der Waals surface area contributed by atoms with Crippen LogP contribution in [0.3, 0.4) is 0 Å². The molecule has 344 valence electrons. The van der Waals surface area contributed by atoms with Crippen molar-refractivity contribution < 1.29 is 51.0 Å². The van der Waals surface area contributed by atoms with Crippen LogP contribution >= 0.6 is 15.9 Å². The Bertz CT molecular complexity index is 2780. The highest BCUT2D eigenvalue weighted by Gasteiger charge is 2.40. The maximum Gasteiger partial charge on any atom is 0.417 e. The quantitative estimate of drug-likeness (QED) is 0.0429. The van der Waals surface area contributed by atoms with Gasteiger partial charge >= 0.3 is 12.1 Å². The zero-order chi connectivity index (χ0) is 47.9. The summed E-state index contributed by atoms with van der Waals surface area (Å²) >= 11 is 3.03. The van der Waals surface area contributed by atoms with Crippen LogP contribution < -0.4 is 36.0 Å². The van der Waals surface area contributed by atoms with Crippen LogP contribution in [0.15, 0.2) is 154 Å². The number of hydrazone groups is 1. The van der Waals surface area contributed by atoms with E-state index in [4.69, 9.17) is 13.9 Å². The summed E-state index contributed by atoms with van der Waals surface area (Å²) in [6, 6.07) is 36.6. The van der Waals surface area contributed by atoms with Crippen molar-refractivity contribution in [1.29, 1.82) is 0 Å². The molecule has 1 saturated heterocycles. The third kappa shape index (κ3) is 13.8. The van der Waals surface area contributed by atoms with E-state index in [2.05, 4.69) is 42.6 Å². The maximum atomic E-state index is 12.7. The van der Waals surface area contributed by atoms with E-state index in [1.54, 1.807) is 36.4 Å². The number of imide groups is 1. The van der Waals surface area contributed by atoms with Crippen molar-refractivity contribution in [3.8, 4) is 11.5 Å². The van der Waals surface area contributed by atoms with Gasteiger partial charge in [0.1, 0.15) is 6.04 Å². The molecule has 1 fully saturated rings. The van der Waals surface area contributed by atoms with Crippen LogP contribution in [0.25, 0.3) is 6.08 Å². The molecule has 4 N–H and O–H groups in total. The minimum Gasteiger partial charge on any atom is -0.454 e. The van der Waals surface area contributed by atoms with Gasteiger partial charge in [0.05, 0.1) is 23.9 Å². The van der Waals surface area contributed by atoms with Crippen LogP contribution in [-0.2, 0) is 27.1 Å². The maximum absolute atomic E-state index is 12.7. The van der Waals surface area contributed by atoms with Crippen LogP contribution in [0.4, 0.5) is 18.9 Å². The number of rotatable bonds is 11. The van der Waals surface area contributed by atoms with E-state index < -0.39 is 23.7 Å². The monoisotopic (exact) mass is 978 g/mol. The van der Waals surface area contributed by atoms with Gasteiger partial charge in [0.25, 0.3) is 11.8 Å². The molecule has 0 aliphatic carbocycles. The third-order valence-corrected chi connectivity index (χ3v) is 10.1. The highest BCUT2D eigenvalue weighted by Crippen LogP contribution is 2.33. The normalized spacial score (nSPS) is 14.0. The highest BCUT2D eigenvalue weighted by atomic mass is 79.9. The lowest BCUT2D eigenvalue weighted by molar-refractivity contribution is -0.137. The topological polar surface area (TPSA) is 181 Å². The summed E-state index contributed by atoms with van der Waals surface area (Å²) in [6.45, 7) is 4.58. The molecular weight excluding hydrogens is 937 g/mol. The van der Waals surface area contributed by atoms with E-state index in [1.165, 1.54) is 41.3 Å². The summed E-state index contributed by atoms with van der Waals surface area (Å²) in [6.07, 6.45) is -0.290. The van der Waals surface area contributed by atoms with Crippen LogP contribution in [-0.4, -0.2) is 48.6 Å². The summed E-state index contributed by atoms with van der Waals surface area (Å²) < 4.78 is 54.1. The Kier molecular flexibility index (Phi) is 16.6. The lowest BCUT2D eigenvalue weighted by atomic mass is 10.1. The standard InChI is InChI=1S/C19H19N3O3.C17H15NO3.C13H8BrF3N2O2/c1-12-8-9-16(13(2)10-12)22-17(23)11-15(19(22)25)20-21-18(24)14-6-4-3-5-7-14;19-17(18-11-14-4-2-1-3-5-14)9-7-13-6-8-15-16(10-13)21-12-20-15;14-11-6-5-10(21-11)12(20)19-18-7-8-3-1-2-4-9(8)13(15,16)17/h3-10,15,20H,11H2,1-2H3,(H,21,24);1-10H,11-12H2,(H,18,19);1-7H,(H,19,20)/b;9-7+;18-7+. The van der Waals surface area contributed by atoms with Crippen molar-refractivity contribution in [1.82, 2.24) is 21.6 Å². The Labute approximate surface area is 390 Å². The second-order valence-corrected chi connectivity index (χ2v) is 15.4. The predicted molar refractivity (Wildman–Crippen MR) is 247 cm³/mol. The fraction of sp³-hybridized carbons (Fsp3) is 0.143. The van der Waals surface area contributed by atoms with Crippen LogP contribution in [0.1, 0.15) is 60.7 Å². The minimum atomic E-state index is -4.49. The number of benzene rings is 5. The van der Waals surface area contributed by atoms with Gasteiger partial charge in [0, 0.05) is 23.7 Å². The highest BCUT2D eigenvalue weighted by molar-refractivity contribution is 9.10. The molecule has 0 bridgehead atoms. The summed E-state index contributed by atoms with van der Waals surface area (Å²) in [7, 11) is 0. The number of halogens is 4. The van der Waals surface area contributed by atoms with Gasteiger partial charge in [0.15, 0.2) is 21.9 Å². The number of nitrogens with zero attached hydrogens (tertiary/aromatic N) is 2. The molecule has 2 aliphatic heterocycles. The van der Waals surface area contributed by atoms with E-state index in [1.807, 2.05) is 80.6 Å². The zero-order valence-corrected chi connectivity index (χ0v) is 37.4. The number of nitrogens with one attached hydrogen (secondary N) is 4. The predicted octanol–water partition coefficient (Wildman–Crippen LogP) is 8.44. The van der Waals surface area contributed by atoms with Gasteiger partial charge < -0.3 is 19.2 Å². The second kappa shape index (κ2) is 22.9. The summed E-state index contributed by atoms with van der Waals surface area (Å²) in [4.78, 5) is 61.5. The zero-order valence-electron chi connectivity index (χ0n) is 35.8. The molecular formula is C49H42BrF3N6O8. The van der Waals surface area contributed by atoms with Crippen LogP contribution in [0, 0.1) is 13.8 Å². The van der Waals surface area contributed by atoms with Crippen molar-refractivity contribution in [2.45, 2.75) is 39.0 Å². The average molecular weight is 980 g/mol. The van der Waals surface area contributed by atoms with Crippen molar-refractivity contribution in [2.75, 3.05) is 11.7 Å². The van der Waals surface area contributed by atoms with E-state index in [0.29, 0.717) is 28.2 Å². The first kappa shape index (κ1) is 48.6. The average Bonchev–Trinajstić information content (AvgIpc) is 4.05. The van der Waals surface area contributed by atoms with Crippen molar-refractivity contribution in [3.05, 3.63) is 189 Å². The number of hydrogen-bond acceptors (Lipinski definition) is 10. The number of amides is 5. The van der Waals surface area contributed by atoms with Gasteiger partial charge in [0.2, 0.25) is 18.6 Å². The molecule has 1 unspecified atom stereocenters. The Morgan fingerprint density at radius 2 is 1.52 bits per heavy atom. The third-order valence-electron chi connectivity index (χ3n) is 9.70. The first-order valence-corrected chi connectivity index (χ1v) is 21.1. The molecule has 1 aromatic heterocycles. The number of hydrogen-bond donors (Lipinski definition) is 4. The van der Waals surface area contributed by atoms with Crippen molar-refractivity contribution in [3.63, 3.8) is 0 Å². The number of anilines is 1. The molecule has 5 amide bonds. The number of alkyl halides is 3. The van der Waals surface area contributed by atoms with E-state index in [-0.39, 0.29) is 48.2 Å². The molecule has 67 heavy (non-hydrogen) atoms. The lowest BCUT2D eigenvalue weighted by Crippen LogP contribution is -2.48. The van der Waals surface area contributed by atoms with Gasteiger partial charge in [-0.2, -0.15) is 18.3 Å². The van der Waals surface area contributed by atoms with Gasteiger partial charge in [-0.3, -0.25) is 29.4 Å². The van der Waals surface area contributed by atoms with Gasteiger partial charge in [-0.05, 0) is 101 Å². The van der Waals surface area contributed by atoms with Crippen LogP contribution in [0.2, 0.25) is 0 Å². The Morgan fingerprint density at radius 1 is 0.821 bits per heavy atom. The molecule has 8 rings (SSSR count). The Hall–Kier alpha value is -7.83. The van der Waals surface area contributed by atoms with E-state index >= 15 is 0 Å². The summed E-state index contributed by atoms with van der Waals surface area (Å²) in [5, 5.41) is 6.34. The Morgan fingerprint density at radius 3 is 2.22 bits per heavy atom. The summed E-state index contributed by atoms with van der Waals surface area (Å²) in [5.41, 5.74) is 11.2. The first-order valence-electron chi connectivity index (χ1n) is 20.4. The molecule has 0 spiro atoms. The molecule has 0 radical (unpaired) electrons. The van der Waals surface area contributed by atoms with Gasteiger partial charge in [-0.1, -0.05) is 90.5 Å². The summed E-state index contributed by atoms with van der Waals surface area (Å²) in [5.74, 6) is -0.372. The number of carbonyl (C=O) groups excluding carboxylic acids is 5. The lowest BCUT2D eigenvalue weighted by Gasteiger charge is -2.18. The van der Waals surface area contributed by atoms with Gasteiger partial charge in [-0.15, -0.1) is 0 Å². The van der Waals surface area contributed by atoms with Gasteiger partial charge in [-0.25, -0.2) is 15.8 Å². The second-order valence-electron chi connectivity index (χ2n) is 14.6. The fourth-order valence-electron chi connectivity index (χ4n) is 6.42. The number of fused-ring (bicyclic) bond motifs is 1. The number of hydrazine groups is 1. The molecule has 2 aliphatic rings. The van der Waals surface area contributed by atoms with Crippen LogP contribution in [0.5, 0.6) is 11.5 Å². The molecule has 18 heteroatoms. The van der Waals surface area contributed by atoms with Crippen molar-refractivity contribution >= 4 is 63.4 Å². The number of carbonyl (C=O) groups is 5. The molecule has 0 saturated carbocycles. The molecule has 5 aromatic carbocycles. The van der Waals surface area contributed by atoms with E-state index in [0.717, 1.165) is 40.3 Å². The molecule has 1 atom stereocenters. The molecule has 3 heterocycles. The number of ether oxygens (including phenoxy) is 2. The SMILES string of the molecule is Cc1ccc(N2C(=O)CC(NNC(=O)c3ccccc3)C2=O)c(C)c1.O=C(/C=C/c1ccc2c(c1)OCO2)NCc1ccccc1.O=C(N/N=C/c1ccccc1C(F)(F)F)c1ccc(Br)o1.